The summed E-state index contributed by atoms with van der Waals surface area (Å²) in [6.07, 6.45) is 7.25. The summed E-state index contributed by atoms with van der Waals surface area (Å²) in [7, 11) is 3.57. The Morgan fingerprint density at radius 2 is 2.22 bits per heavy atom. The van der Waals surface area contributed by atoms with Crippen LogP contribution in [0.5, 0.6) is 5.75 Å². The third-order valence-electron chi connectivity index (χ3n) is 3.86. The molecule has 0 spiro atoms. The molecule has 2 aromatic rings. The number of ether oxygens (including phenoxy) is 1. The van der Waals surface area contributed by atoms with Crippen molar-refractivity contribution in [1.29, 1.82) is 0 Å². The van der Waals surface area contributed by atoms with Crippen molar-refractivity contribution >= 4 is 5.91 Å². The molecule has 1 atom stereocenters. The minimum atomic E-state index is -0.278. The summed E-state index contributed by atoms with van der Waals surface area (Å²) in [4.78, 5) is 16.7. The number of nitrogens with zero attached hydrogens (tertiary/aromatic N) is 2. The maximum absolute atomic E-state index is 12.3. The number of imidazole rings is 1. The van der Waals surface area contributed by atoms with E-state index < -0.39 is 0 Å². The third kappa shape index (κ3) is 4.58. The highest BCUT2D eigenvalue weighted by Gasteiger charge is 2.20. The summed E-state index contributed by atoms with van der Waals surface area (Å²) in [5.41, 5.74) is 0.961. The second-order valence-electron chi connectivity index (χ2n) is 5.63. The van der Waals surface area contributed by atoms with Crippen LogP contribution >= 0.6 is 0 Å². The second-order valence-corrected chi connectivity index (χ2v) is 5.63. The number of unbranched alkanes of at least 4 members (excludes halogenated alkanes) is 2. The van der Waals surface area contributed by atoms with Crippen LogP contribution in [0.15, 0.2) is 36.7 Å². The standard InChI is InChI=1S/C18H25N3O2/c1-4-5-6-10-16(22)20-17(18-19-11-12-21(18)2)14-8-7-9-15(13-14)23-3/h7-9,11-13,17H,4-6,10H2,1-3H3,(H,20,22). The summed E-state index contributed by atoms with van der Waals surface area (Å²) < 4.78 is 7.22. The van der Waals surface area contributed by atoms with Gasteiger partial charge in [-0.2, -0.15) is 0 Å². The molecule has 5 heteroatoms. The summed E-state index contributed by atoms with van der Waals surface area (Å²) in [5, 5.41) is 3.11. The molecule has 1 unspecified atom stereocenters. The van der Waals surface area contributed by atoms with Gasteiger partial charge >= 0.3 is 0 Å². The van der Waals surface area contributed by atoms with Gasteiger partial charge in [0, 0.05) is 25.9 Å². The van der Waals surface area contributed by atoms with Crippen molar-refractivity contribution in [2.24, 2.45) is 7.05 Å². The minimum Gasteiger partial charge on any atom is -0.497 e. The Bertz CT molecular complexity index is 637. The molecule has 0 saturated heterocycles. The normalized spacial score (nSPS) is 12.0. The van der Waals surface area contributed by atoms with Crippen LogP contribution in [0.4, 0.5) is 0 Å². The van der Waals surface area contributed by atoms with Crippen molar-refractivity contribution in [3.05, 3.63) is 48.0 Å². The van der Waals surface area contributed by atoms with Crippen LogP contribution in [0.1, 0.15) is 50.0 Å². The van der Waals surface area contributed by atoms with Gasteiger partial charge in [0.15, 0.2) is 0 Å². The van der Waals surface area contributed by atoms with Crippen LogP contribution in [-0.4, -0.2) is 22.6 Å². The summed E-state index contributed by atoms with van der Waals surface area (Å²) in [6, 6.07) is 7.45. The van der Waals surface area contributed by atoms with E-state index in [0.29, 0.717) is 6.42 Å². The molecule has 2 rings (SSSR count). The highest BCUT2D eigenvalue weighted by molar-refractivity contribution is 5.76. The Morgan fingerprint density at radius 3 is 2.87 bits per heavy atom. The quantitative estimate of drug-likeness (QED) is 0.761. The van der Waals surface area contributed by atoms with Crippen molar-refractivity contribution in [1.82, 2.24) is 14.9 Å². The van der Waals surface area contributed by atoms with E-state index in [9.17, 15) is 4.79 Å². The minimum absolute atomic E-state index is 0.0502. The molecule has 0 aliphatic carbocycles. The van der Waals surface area contributed by atoms with E-state index in [0.717, 1.165) is 36.4 Å². The van der Waals surface area contributed by atoms with E-state index in [1.54, 1.807) is 13.3 Å². The van der Waals surface area contributed by atoms with Gasteiger partial charge in [0.2, 0.25) is 5.91 Å². The number of aryl methyl sites for hydroxylation is 1. The van der Waals surface area contributed by atoms with Gasteiger partial charge in [-0.1, -0.05) is 31.9 Å². The van der Waals surface area contributed by atoms with Crippen molar-refractivity contribution in [3.8, 4) is 5.75 Å². The van der Waals surface area contributed by atoms with E-state index in [4.69, 9.17) is 4.74 Å². The topological polar surface area (TPSA) is 56.1 Å². The first-order valence-corrected chi connectivity index (χ1v) is 8.06. The second kappa shape index (κ2) is 8.36. The smallest absolute Gasteiger partial charge is 0.220 e. The molecule has 0 saturated carbocycles. The number of methoxy groups -OCH3 is 1. The van der Waals surface area contributed by atoms with Gasteiger partial charge in [-0.05, 0) is 24.1 Å². The van der Waals surface area contributed by atoms with Gasteiger partial charge < -0.3 is 14.6 Å². The zero-order valence-corrected chi connectivity index (χ0v) is 14.1. The molecule has 5 nitrogen and oxygen atoms in total. The van der Waals surface area contributed by atoms with Crippen LogP contribution < -0.4 is 10.1 Å². The number of hydrogen-bond donors (Lipinski definition) is 1. The molecule has 1 amide bonds. The zero-order chi connectivity index (χ0) is 16.7. The molecule has 1 aromatic heterocycles. The lowest BCUT2D eigenvalue weighted by atomic mass is 10.0. The van der Waals surface area contributed by atoms with E-state index in [1.807, 2.05) is 42.1 Å². The van der Waals surface area contributed by atoms with E-state index in [2.05, 4.69) is 17.2 Å². The lowest BCUT2D eigenvalue weighted by Crippen LogP contribution is -2.30. The van der Waals surface area contributed by atoms with Gasteiger partial charge in [-0.3, -0.25) is 4.79 Å². The Labute approximate surface area is 137 Å². The maximum atomic E-state index is 12.3. The SMILES string of the molecule is CCCCCC(=O)NC(c1cccc(OC)c1)c1nccn1C. The molecule has 23 heavy (non-hydrogen) atoms. The van der Waals surface area contributed by atoms with Crippen LogP contribution in [0.25, 0.3) is 0 Å². The zero-order valence-electron chi connectivity index (χ0n) is 14.1. The number of rotatable bonds is 8. The summed E-state index contributed by atoms with van der Waals surface area (Å²) in [5.74, 6) is 1.62. The fourth-order valence-electron chi connectivity index (χ4n) is 2.54. The Hall–Kier alpha value is -2.30. The van der Waals surface area contributed by atoms with Crippen molar-refractivity contribution < 1.29 is 9.53 Å². The molecule has 0 bridgehead atoms. The van der Waals surface area contributed by atoms with Gasteiger partial charge in [0.25, 0.3) is 0 Å². The Kier molecular flexibility index (Phi) is 6.20. The first-order valence-electron chi connectivity index (χ1n) is 8.06. The average molecular weight is 315 g/mol. The number of benzene rings is 1. The van der Waals surface area contributed by atoms with Crippen LogP contribution in [0, 0.1) is 0 Å². The van der Waals surface area contributed by atoms with Crippen molar-refractivity contribution in [2.45, 2.75) is 38.6 Å². The lowest BCUT2D eigenvalue weighted by Gasteiger charge is -2.19. The average Bonchev–Trinajstić information content (AvgIpc) is 2.99. The molecule has 1 N–H and O–H groups in total. The molecular weight excluding hydrogens is 290 g/mol. The van der Waals surface area contributed by atoms with E-state index >= 15 is 0 Å². The fourth-order valence-corrected chi connectivity index (χ4v) is 2.54. The number of carbonyl (C=O) groups is 1. The monoisotopic (exact) mass is 315 g/mol. The molecule has 0 fully saturated rings. The molecule has 0 aliphatic heterocycles. The number of hydrogen-bond acceptors (Lipinski definition) is 3. The number of carbonyl (C=O) groups excluding carboxylic acids is 1. The van der Waals surface area contributed by atoms with Crippen molar-refractivity contribution in [3.63, 3.8) is 0 Å². The van der Waals surface area contributed by atoms with E-state index in [-0.39, 0.29) is 11.9 Å². The number of amides is 1. The molecule has 124 valence electrons. The van der Waals surface area contributed by atoms with Crippen molar-refractivity contribution in [2.75, 3.05) is 7.11 Å². The maximum Gasteiger partial charge on any atom is 0.220 e. The Morgan fingerprint density at radius 1 is 1.39 bits per heavy atom. The lowest BCUT2D eigenvalue weighted by molar-refractivity contribution is -0.121. The third-order valence-corrected chi connectivity index (χ3v) is 3.86. The molecule has 1 heterocycles. The Balaban J connectivity index is 2.22. The van der Waals surface area contributed by atoms with Gasteiger partial charge in [-0.15, -0.1) is 0 Å². The van der Waals surface area contributed by atoms with Gasteiger partial charge in [0.05, 0.1) is 7.11 Å². The first kappa shape index (κ1) is 17.1. The molecular formula is C18H25N3O2. The largest absolute Gasteiger partial charge is 0.497 e. The molecule has 0 radical (unpaired) electrons. The van der Waals surface area contributed by atoms with Crippen LogP contribution in [0.3, 0.4) is 0 Å². The predicted molar refractivity (Wildman–Crippen MR) is 90.3 cm³/mol. The van der Waals surface area contributed by atoms with Crippen LogP contribution in [0.2, 0.25) is 0 Å². The van der Waals surface area contributed by atoms with Gasteiger partial charge in [-0.25, -0.2) is 4.98 Å². The molecule has 0 aliphatic rings. The van der Waals surface area contributed by atoms with Crippen LogP contribution in [-0.2, 0) is 11.8 Å². The summed E-state index contributed by atoms with van der Waals surface area (Å²) >= 11 is 0. The molecule has 1 aromatic carbocycles. The highest BCUT2D eigenvalue weighted by atomic mass is 16.5. The summed E-state index contributed by atoms with van der Waals surface area (Å²) in [6.45, 7) is 2.13. The fraction of sp³-hybridized carbons (Fsp3) is 0.444. The number of nitrogens with one attached hydrogen (secondary N) is 1. The first-order chi connectivity index (χ1) is 11.2. The van der Waals surface area contributed by atoms with E-state index in [1.165, 1.54) is 0 Å². The predicted octanol–water partition coefficient (Wildman–Crippen LogP) is 3.21. The van der Waals surface area contributed by atoms with Gasteiger partial charge in [0.1, 0.15) is 17.6 Å². The number of aromatic nitrogens is 2. The highest BCUT2D eigenvalue weighted by Crippen LogP contribution is 2.24.